The number of rotatable bonds is 17. The van der Waals surface area contributed by atoms with Crippen molar-refractivity contribution in [3.8, 4) is 5.75 Å². The van der Waals surface area contributed by atoms with Gasteiger partial charge in [0.1, 0.15) is 23.9 Å². The summed E-state index contributed by atoms with van der Waals surface area (Å²) in [5, 5.41) is 27.2. The van der Waals surface area contributed by atoms with Crippen LogP contribution in [0.4, 0.5) is 0 Å². The highest BCUT2D eigenvalue weighted by molar-refractivity contribution is 7.98. The lowest BCUT2D eigenvalue weighted by Gasteiger charge is -2.26. The van der Waals surface area contributed by atoms with Crippen molar-refractivity contribution in [1.82, 2.24) is 16.0 Å². The Morgan fingerprint density at radius 2 is 1.43 bits per heavy atom. The third-order valence-corrected chi connectivity index (χ3v) is 7.29. The topological polar surface area (TPSA) is 171 Å². The molecular weight excluding hydrogens is 516 g/mol. The van der Waals surface area contributed by atoms with Gasteiger partial charge in [-0.15, -0.1) is 0 Å². The normalized spacial score (nSPS) is 15.1. The molecule has 208 valence electrons. The van der Waals surface area contributed by atoms with Crippen molar-refractivity contribution in [2.75, 3.05) is 24.0 Å². The molecule has 0 aliphatic heterocycles. The molecule has 0 aromatic heterocycles. The third-order valence-electron chi connectivity index (χ3n) is 6.00. The molecule has 0 spiro atoms. The monoisotopic (exact) mass is 556 g/mol. The summed E-state index contributed by atoms with van der Waals surface area (Å²) in [6.07, 6.45) is 5.17. The van der Waals surface area contributed by atoms with Crippen molar-refractivity contribution in [1.29, 1.82) is 0 Å². The summed E-state index contributed by atoms with van der Waals surface area (Å²) in [4.78, 5) is 50.9. The molecule has 10 nitrogen and oxygen atoms in total. The van der Waals surface area contributed by atoms with Crippen LogP contribution < -0.4 is 21.7 Å². The predicted molar refractivity (Wildman–Crippen MR) is 149 cm³/mol. The van der Waals surface area contributed by atoms with E-state index in [4.69, 9.17) is 5.73 Å². The lowest BCUT2D eigenvalue weighted by atomic mass is 9.98. The van der Waals surface area contributed by atoms with Crippen molar-refractivity contribution in [2.24, 2.45) is 11.7 Å². The number of carboxylic acid groups (broad SMARTS) is 1. The van der Waals surface area contributed by atoms with E-state index in [1.165, 1.54) is 23.9 Å². The molecular formula is C25H40N4O6S2. The fourth-order valence-electron chi connectivity index (χ4n) is 3.45. The Balaban J connectivity index is 3.13. The molecule has 0 aliphatic carbocycles. The molecule has 0 aliphatic rings. The maximum Gasteiger partial charge on any atom is 0.326 e. The zero-order chi connectivity index (χ0) is 28.0. The van der Waals surface area contributed by atoms with Crippen LogP contribution >= 0.6 is 23.5 Å². The summed E-state index contributed by atoms with van der Waals surface area (Å²) in [7, 11) is 0. The maximum atomic E-state index is 13.3. The Hall–Kier alpha value is -2.44. The largest absolute Gasteiger partial charge is 0.508 e. The fraction of sp³-hybridized carbons (Fsp3) is 0.600. The Kier molecular flexibility index (Phi) is 15.1. The van der Waals surface area contributed by atoms with Gasteiger partial charge in [0.25, 0.3) is 0 Å². The number of amides is 3. The minimum absolute atomic E-state index is 0.0501. The van der Waals surface area contributed by atoms with Crippen molar-refractivity contribution in [3.63, 3.8) is 0 Å². The number of carbonyl (C=O) groups is 4. The van der Waals surface area contributed by atoms with Crippen LogP contribution in [0, 0.1) is 5.92 Å². The molecule has 1 aromatic carbocycles. The lowest BCUT2D eigenvalue weighted by molar-refractivity contribution is -0.143. The number of nitrogens with one attached hydrogen (secondary N) is 3. The molecule has 0 saturated heterocycles. The van der Waals surface area contributed by atoms with Crippen molar-refractivity contribution in [2.45, 2.75) is 63.7 Å². The predicted octanol–water partition coefficient (Wildman–Crippen LogP) is 1.35. The molecule has 0 saturated carbocycles. The van der Waals surface area contributed by atoms with E-state index in [2.05, 4.69) is 16.0 Å². The minimum Gasteiger partial charge on any atom is -0.508 e. The second-order valence-corrected chi connectivity index (χ2v) is 10.8. The van der Waals surface area contributed by atoms with Gasteiger partial charge in [-0.3, -0.25) is 14.4 Å². The molecule has 0 bridgehead atoms. The highest BCUT2D eigenvalue weighted by atomic mass is 32.2. The first-order chi connectivity index (χ1) is 17.5. The van der Waals surface area contributed by atoms with E-state index in [9.17, 15) is 29.4 Å². The number of hydrogen-bond donors (Lipinski definition) is 6. The number of hydrogen-bond acceptors (Lipinski definition) is 8. The summed E-state index contributed by atoms with van der Waals surface area (Å²) >= 11 is 3.07. The fourth-order valence-corrected chi connectivity index (χ4v) is 4.41. The maximum absolute atomic E-state index is 13.3. The molecule has 1 aromatic rings. The van der Waals surface area contributed by atoms with Crippen LogP contribution in [0.15, 0.2) is 24.3 Å². The number of carboxylic acids is 1. The summed E-state index contributed by atoms with van der Waals surface area (Å²) in [5.74, 6) is -1.82. The number of thioether (sulfide) groups is 2. The summed E-state index contributed by atoms with van der Waals surface area (Å²) in [6, 6.07) is 2.23. The van der Waals surface area contributed by atoms with Crippen LogP contribution in [0.3, 0.4) is 0 Å². The van der Waals surface area contributed by atoms with Crippen LogP contribution in [-0.4, -0.2) is 82.1 Å². The number of carbonyl (C=O) groups excluding carboxylic acids is 3. The van der Waals surface area contributed by atoms with E-state index in [1.807, 2.05) is 19.4 Å². The van der Waals surface area contributed by atoms with E-state index in [0.29, 0.717) is 36.3 Å². The van der Waals surface area contributed by atoms with Gasteiger partial charge in [-0.2, -0.15) is 23.5 Å². The van der Waals surface area contributed by atoms with Crippen molar-refractivity contribution < 1.29 is 29.4 Å². The molecule has 12 heteroatoms. The van der Waals surface area contributed by atoms with Gasteiger partial charge in [0.2, 0.25) is 17.7 Å². The van der Waals surface area contributed by atoms with E-state index in [1.54, 1.807) is 30.8 Å². The van der Waals surface area contributed by atoms with E-state index in [0.717, 1.165) is 0 Å². The number of nitrogens with two attached hydrogens (primary N) is 1. The summed E-state index contributed by atoms with van der Waals surface area (Å²) in [5.41, 5.74) is 6.62. The first-order valence-corrected chi connectivity index (χ1v) is 15.0. The van der Waals surface area contributed by atoms with Gasteiger partial charge < -0.3 is 31.9 Å². The van der Waals surface area contributed by atoms with E-state index < -0.39 is 47.9 Å². The number of phenolic OH excluding ortho intramolecular Hbond substituents is 1. The van der Waals surface area contributed by atoms with E-state index >= 15 is 0 Å². The number of aliphatic carboxylic acids is 1. The number of benzene rings is 1. The highest BCUT2D eigenvalue weighted by Crippen LogP contribution is 2.13. The van der Waals surface area contributed by atoms with Gasteiger partial charge >= 0.3 is 5.97 Å². The zero-order valence-corrected chi connectivity index (χ0v) is 23.5. The zero-order valence-electron chi connectivity index (χ0n) is 21.9. The SMILES string of the molecule is CCC(C)C(NC(=O)C(Cc1ccc(O)cc1)NC(=O)C(CCSC)NC(=O)C(N)CCSC)C(=O)O. The summed E-state index contributed by atoms with van der Waals surface area (Å²) in [6.45, 7) is 3.55. The molecule has 5 unspecified atom stereocenters. The minimum atomic E-state index is -1.17. The Morgan fingerprint density at radius 3 is 1.97 bits per heavy atom. The van der Waals surface area contributed by atoms with Crippen LogP contribution in [0.5, 0.6) is 5.75 Å². The third kappa shape index (κ3) is 11.7. The van der Waals surface area contributed by atoms with Crippen molar-refractivity contribution in [3.05, 3.63) is 29.8 Å². The average Bonchev–Trinajstić information content (AvgIpc) is 2.87. The van der Waals surface area contributed by atoms with Crippen LogP contribution in [0.1, 0.15) is 38.7 Å². The van der Waals surface area contributed by atoms with Gasteiger partial charge in [0.15, 0.2) is 0 Å². The Morgan fingerprint density at radius 1 is 0.892 bits per heavy atom. The van der Waals surface area contributed by atoms with Gasteiger partial charge in [-0.1, -0.05) is 32.4 Å². The smallest absolute Gasteiger partial charge is 0.326 e. The first kappa shape index (κ1) is 32.6. The van der Waals surface area contributed by atoms with Crippen LogP contribution in [-0.2, 0) is 25.6 Å². The first-order valence-electron chi connectivity index (χ1n) is 12.2. The second-order valence-electron chi connectivity index (χ2n) is 8.87. The number of phenols is 1. The molecule has 1 rings (SSSR count). The standard InChI is InChI=1S/C25H40N4O6S2/c1-5-15(2)21(25(34)35)29-24(33)20(14-16-6-8-17(30)9-7-16)28-23(32)19(11-13-37-4)27-22(31)18(26)10-12-36-3/h6-9,15,18-21,30H,5,10-14,26H2,1-4H3,(H,27,31)(H,28,32)(H,29,33)(H,34,35). The molecule has 0 fully saturated rings. The van der Waals surface area contributed by atoms with Gasteiger partial charge in [-0.05, 0) is 60.5 Å². The second kappa shape index (κ2) is 17.1. The average molecular weight is 557 g/mol. The van der Waals surface area contributed by atoms with Gasteiger partial charge in [-0.25, -0.2) is 4.79 Å². The molecule has 7 N–H and O–H groups in total. The number of aromatic hydroxyl groups is 1. The van der Waals surface area contributed by atoms with Crippen molar-refractivity contribution >= 4 is 47.2 Å². The molecule has 37 heavy (non-hydrogen) atoms. The molecule has 3 amide bonds. The van der Waals surface area contributed by atoms with Gasteiger partial charge in [0, 0.05) is 6.42 Å². The lowest BCUT2D eigenvalue weighted by Crippen LogP contribution is -2.58. The Bertz CT molecular complexity index is 886. The summed E-state index contributed by atoms with van der Waals surface area (Å²) < 4.78 is 0. The Labute approximate surface area is 227 Å². The van der Waals surface area contributed by atoms with Crippen LogP contribution in [0.2, 0.25) is 0 Å². The quantitative estimate of drug-likeness (QED) is 0.166. The molecule has 0 heterocycles. The molecule has 0 radical (unpaired) electrons. The van der Waals surface area contributed by atoms with Gasteiger partial charge in [0.05, 0.1) is 6.04 Å². The molecule has 5 atom stereocenters. The van der Waals surface area contributed by atoms with Crippen LogP contribution in [0.25, 0.3) is 0 Å². The highest BCUT2D eigenvalue weighted by Gasteiger charge is 2.32. The van der Waals surface area contributed by atoms with E-state index in [-0.39, 0.29) is 18.1 Å².